The third-order valence-corrected chi connectivity index (χ3v) is 3.43. The summed E-state index contributed by atoms with van der Waals surface area (Å²) in [6.45, 7) is 3.09. The standard InChI is InChI=1S/C12H15NO5S2/c1-12(2,19)11(17)13-7(9(14)15)6-20-10(16)8-4-3-5-18-8/h3-5,7,19H,6H2,1-2H3,(H,13,17)(H,14,15)/t7-/m0/s1. The van der Waals surface area contributed by atoms with Crippen LogP contribution in [0, 0.1) is 0 Å². The first-order valence-corrected chi connectivity index (χ1v) is 7.12. The number of carboxylic acids is 1. The Kier molecular flexibility index (Phi) is 5.70. The van der Waals surface area contributed by atoms with Gasteiger partial charge in [0.25, 0.3) is 5.12 Å². The van der Waals surface area contributed by atoms with Crippen LogP contribution in [-0.4, -0.2) is 38.6 Å². The Morgan fingerprint density at radius 3 is 2.60 bits per heavy atom. The summed E-state index contributed by atoms with van der Waals surface area (Å²) in [7, 11) is 0. The van der Waals surface area contributed by atoms with E-state index in [4.69, 9.17) is 9.52 Å². The Balaban J connectivity index is 2.58. The molecular weight excluding hydrogens is 302 g/mol. The highest BCUT2D eigenvalue weighted by Gasteiger charge is 2.29. The van der Waals surface area contributed by atoms with Crippen molar-refractivity contribution in [3.05, 3.63) is 24.2 Å². The molecule has 0 aliphatic rings. The number of carboxylic acid groups (broad SMARTS) is 1. The maximum atomic E-state index is 11.7. The van der Waals surface area contributed by atoms with Gasteiger partial charge in [0.05, 0.1) is 11.0 Å². The van der Waals surface area contributed by atoms with Crippen molar-refractivity contribution in [2.75, 3.05) is 5.75 Å². The van der Waals surface area contributed by atoms with E-state index >= 15 is 0 Å². The first kappa shape index (κ1) is 16.6. The third kappa shape index (κ3) is 4.93. The molecular formula is C12H15NO5S2. The molecule has 0 fully saturated rings. The van der Waals surface area contributed by atoms with E-state index in [1.54, 1.807) is 19.9 Å². The first-order valence-electron chi connectivity index (χ1n) is 5.68. The van der Waals surface area contributed by atoms with Crippen molar-refractivity contribution < 1.29 is 23.9 Å². The van der Waals surface area contributed by atoms with Crippen LogP contribution in [0.2, 0.25) is 0 Å². The van der Waals surface area contributed by atoms with Gasteiger partial charge in [0.2, 0.25) is 5.91 Å². The van der Waals surface area contributed by atoms with Crippen molar-refractivity contribution >= 4 is 41.4 Å². The number of aliphatic carboxylic acids is 1. The minimum absolute atomic E-state index is 0.0928. The molecule has 1 aromatic rings. The molecule has 6 nitrogen and oxygen atoms in total. The molecule has 1 aromatic heterocycles. The summed E-state index contributed by atoms with van der Waals surface area (Å²) < 4.78 is 3.91. The number of hydrogen-bond donors (Lipinski definition) is 3. The summed E-state index contributed by atoms with van der Waals surface area (Å²) in [5.41, 5.74) is 0. The molecule has 1 atom stereocenters. The second kappa shape index (κ2) is 6.85. The van der Waals surface area contributed by atoms with Crippen LogP contribution in [0.5, 0.6) is 0 Å². The van der Waals surface area contributed by atoms with E-state index in [2.05, 4.69) is 17.9 Å². The van der Waals surface area contributed by atoms with Gasteiger partial charge in [0, 0.05) is 5.75 Å². The second-order valence-electron chi connectivity index (χ2n) is 4.50. The highest BCUT2D eigenvalue weighted by molar-refractivity contribution is 8.14. The topological polar surface area (TPSA) is 96.6 Å². The molecule has 0 radical (unpaired) electrons. The lowest BCUT2D eigenvalue weighted by molar-refractivity contribution is -0.141. The summed E-state index contributed by atoms with van der Waals surface area (Å²) >= 11 is 4.83. The normalized spacial score (nSPS) is 12.8. The Bertz CT molecular complexity index is 492. The largest absolute Gasteiger partial charge is 0.480 e. The number of carbonyl (C=O) groups excluding carboxylic acids is 2. The predicted octanol–water partition coefficient (Wildman–Crippen LogP) is 1.43. The van der Waals surface area contributed by atoms with E-state index in [1.165, 1.54) is 12.3 Å². The van der Waals surface area contributed by atoms with Crippen molar-refractivity contribution in [3.63, 3.8) is 0 Å². The van der Waals surface area contributed by atoms with Gasteiger partial charge in [-0.25, -0.2) is 4.79 Å². The zero-order valence-corrected chi connectivity index (χ0v) is 12.7. The molecule has 8 heteroatoms. The molecule has 0 bridgehead atoms. The van der Waals surface area contributed by atoms with Crippen LogP contribution in [0.1, 0.15) is 24.4 Å². The van der Waals surface area contributed by atoms with Gasteiger partial charge in [0.1, 0.15) is 6.04 Å². The number of furan rings is 1. The molecule has 0 saturated heterocycles. The molecule has 20 heavy (non-hydrogen) atoms. The van der Waals surface area contributed by atoms with E-state index in [0.717, 1.165) is 11.8 Å². The highest BCUT2D eigenvalue weighted by atomic mass is 32.2. The summed E-state index contributed by atoms with van der Waals surface area (Å²) in [6.07, 6.45) is 1.35. The number of hydrogen-bond acceptors (Lipinski definition) is 6. The fourth-order valence-electron chi connectivity index (χ4n) is 1.13. The summed E-state index contributed by atoms with van der Waals surface area (Å²) in [5.74, 6) is -1.68. The van der Waals surface area contributed by atoms with E-state index in [0.29, 0.717) is 0 Å². The average molecular weight is 317 g/mol. The number of nitrogens with one attached hydrogen (secondary N) is 1. The zero-order valence-electron chi connectivity index (χ0n) is 11.0. The Morgan fingerprint density at radius 2 is 2.15 bits per heavy atom. The molecule has 110 valence electrons. The molecule has 1 heterocycles. The number of carbonyl (C=O) groups is 3. The highest BCUT2D eigenvalue weighted by Crippen LogP contribution is 2.16. The van der Waals surface area contributed by atoms with Crippen LogP contribution in [0.15, 0.2) is 22.8 Å². The lowest BCUT2D eigenvalue weighted by atomic mass is 10.2. The van der Waals surface area contributed by atoms with Crippen LogP contribution in [0.3, 0.4) is 0 Å². The van der Waals surface area contributed by atoms with Crippen LogP contribution in [0.25, 0.3) is 0 Å². The van der Waals surface area contributed by atoms with Gasteiger partial charge in [-0.2, -0.15) is 12.6 Å². The lowest BCUT2D eigenvalue weighted by Gasteiger charge is -2.20. The molecule has 0 aromatic carbocycles. The fourth-order valence-corrected chi connectivity index (χ4v) is 2.00. The molecule has 1 amide bonds. The van der Waals surface area contributed by atoms with Gasteiger partial charge >= 0.3 is 5.97 Å². The van der Waals surface area contributed by atoms with Gasteiger partial charge in [-0.1, -0.05) is 11.8 Å². The van der Waals surface area contributed by atoms with Crippen LogP contribution in [-0.2, 0) is 9.59 Å². The first-order chi connectivity index (χ1) is 9.21. The third-order valence-electron chi connectivity index (χ3n) is 2.26. The van der Waals surface area contributed by atoms with E-state index in [1.807, 2.05) is 0 Å². The van der Waals surface area contributed by atoms with Crippen LogP contribution < -0.4 is 5.32 Å². The lowest BCUT2D eigenvalue weighted by Crippen LogP contribution is -2.48. The fraction of sp³-hybridized carbons (Fsp3) is 0.417. The van der Waals surface area contributed by atoms with Gasteiger partial charge in [0.15, 0.2) is 5.76 Å². The van der Waals surface area contributed by atoms with E-state index in [9.17, 15) is 14.4 Å². The number of amides is 1. The van der Waals surface area contributed by atoms with Crippen LogP contribution in [0.4, 0.5) is 0 Å². The van der Waals surface area contributed by atoms with E-state index < -0.39 is 22.7 Å². The molecule has 2 N–H and O–H groups in total. The summed E-state index contributed by atoms with van der Waals surface area (Å²) in [4.78, 5) is 34.4. The van der Waals surface area contributed by atoms with Crippen molar-refractivity contribution in [2.45, 2.75) is 24.6 Å². The minimum Gasteiger partial charge on any atom is -0.480 e. The van der Waals surface area contributed by atoms with Crippen LogP contribution >= 0.6 is 24.4 Å². The average Bonchev–Trinajstić information content (AvgIpc) is 2.85. The monoisotopic (exact) mass is 317 g/mol. The predicted molar refractivity (Wildman–Crippen MR) is 78.1 cm³/mol. The molecule has 0 aliphatic carbocycles. The number of thioether (sulfide) groups is 1. The molecule has 0 aliphatic heterocycles. The molecule has 0 unspecified atom stereocenters. The number of rotatable bonds is 6. The Morgan fingerprint density at radius 1 is 1.50 bits per heavy atom. The van der Waals surface area contributed by atoms with Gasteiger partial charge in [-0.3, -0.25) is 9.59 Å². The zero-order chi connectivity index (χ0) is 15.3. The van der Waals surface area contributed by atoms with Crippen molar-refractivity contribution in [2.24, 2.45) is 0 Å². The van der Waals surface area contributed by atoms with Gasteiger partial charge in [-0.05, 0) is 26.0 Å². The van der Waals surface area contributed by atoms with Gasteiger partial charge < -0.3 is 14.8 Å². The molecule has 0 spiro atoms. The Labute approximate surface area is 125 Å². The number of thiol groups is 1. The van der Waals surface area contributed by atoms with E-state index in [-0.39, 0.29) is 16.6 Å². The second-order valence-corrected chi connectivity index (χ2v) is 6.61. The quantitative estimate of drug-likeness (QED) is 0.687. The summed E-state index contributed by atoms with van der Waals surface area (Å²) in [6, 6.07) is 1.88. The smallest absolute Gasteiger partial charge is 0.327 e. The summed E-state index contributed by atoms with van der Waals surface area (Å²) in [5, 5.41) is 11.0. The Hall–Kier alpha value is -1.41. The van der Waals surface area contributed by atoms with Gasteiger partial charge in [-0.15, -0.1) is 0 Å². The van der Waals surface area contributed by atoms with Crippen molar-refractivity contribution in [3.8, 4) is 0 Å². The maximum Gasteiger partial charge on any atom is 0.327 e. The SMILES string of the molecule is CC(C)(S)C(=O)N[C@@H](CSC(=O)c1ccco1)C(=O)O. The molecule has 0 saturated carbocycles. The van der Waals surface area contributed by atoms with Crippen molar-refractivity contribution in [1.82, 2.24) is 5.32 Å². The minimum atomic E-state index is -1.21. The molecule has 1 rings (SSSR count). The van der Waals surface area contributed by atoms with Crippen molar-refractivity contribution in [1.29, 1.82) is 0 Å². The maximum absolute atomic E-state index is 11.7.